The Kier molecular flexibility index (Phi) is 2.58. The standard InChI is InChI=1S/C11H14FN3/c1-7-2-5-10(9(12)6-7)15-11(13)14-8-3-4-8/h2,5-6,8H,3-4H2,1H3,(H3,13,14,15). The van der Waals surface area contributed by atoms with Gasteiger partial charge in [0.25, 0.3) is 0 Å². The van der Waals surface area contributed by atoms with Crippen molar-refractivity contribution < 1.29 is 4.39 Å². The summed E-state index contributed by atoms with van der Waals surface area (Å²) in [6, 6.07) is 5.30. The molecule has 1 aromatic rings. The molecule has 0 aliphatic heterocycles. The maximum absolute atomic E-state index is 13.4. The predicted octanol–water partition coefficient (Wildman–Crippen LogP) is 2.02. The minimum absolute atomic E-state index is 0.292. The number of halogens is 1. The van der Waals surface area contributed by atoms with Gasteiger partial charge in [0.1, 0.15) is 5.82 Å². The number of aryl methyl sites for hydroxylation is 1. The highest BCUT2D eigenvalue weighted by atomic mass is 19.1. The van der Waals surface area contributed by atoms with Crippen molar-refractivity contribution in [2.45, 2.75) is 25.8 Å². The maximum atomic E-state index is 13.4. The lowest BCUT2D eigenvalue weighted by Crippen LogP contribution is -2.23. The average molecular weight is 207 g/mol. The molecule has 0 heterocycles. The van der Waals surface area contributed by atoms with Gasteiger partial charge in [-0.15, -0.1) is 0 Å². The molecule has 1 fully saturated rings. The van der Waals surface area contributed by atoms with E-state index >= 15 is 0 Å². The number of guanidine groups is 1. The van der Waals surface area contributed by atoms with Crippen molar-refractivity contribution in [1.29, 1.82) is 0 Å². The zero-order chi connectivity index (χ0) is 10.8. The number of nitrogens with two attached hydrogens (primary N) is 1. The first kappa shape index (κ1) is 9.96. The van der Waals surface area contributed by atoms with E-state index < -0.39 is 0 Å². The highest BCUT2D eigenvalue weighted by Gasteiger charge is 2.20. The summed E-state index contributed by atoms with van der Waals surface area (Å²) in [6.07, 6.45) is 2.16. The van der Waals surface area contributed by atoms with E-state index in [0.29, 0.717) is 17.7 Å². The third-order valence-corrected chi connectivity index (χ3v) is 2.26. The Labute approximate surface area is 88.2 Å². The molecule has 0 spiro atoms. The Morgan fingerprint density at radius 3 is 2.87 bits per heavy atom. The third-order valence-electron chi connectivity index (χ3n) is 2.26. The molecule has 0 bridgehead atoms. The first-order chi connectivity index (χ1) is 7.15. The molecule has 0 amide bonds. The van der Waals surface area contributed by atoms with Crippen LogP contribution < -0.4 is 11.1 Å². The molecular formula is C11H14FN3. The van der Waals surface area contributed by atoms with Gasteiger partial charge in [-0.3, -0.25) is 0 Å². The minimum atomic E-state index is -0.302. The largest absolute Gasteiger partial charge is 0.370 e. The summed E-state index contributed by atoms with van der Waals surface area (Å²) in [7, 11) is 0. The molecule has 4 heteroatoms. The summed E-state index contributed by atoms with van der Waals surface area (Å²) in [5.74, 6) is -0.01000. The van der Waals surface area contributed by atoms with Crippen LogP contribution in [0.15, 0.2) is 23.2 Å². The van der Waals surface area contributed by atoms with Crippen molar-refractivity contribution in [1.82, 2.24) is 0 Å². The lowest BCUT2D eigenvalue weighted by molar-refractivity contribution is 0.631. The van der Waals surface area contributed by atoms with Crippen molar-refractivity contribution in [2.75, 3.05) is 5.32 Å². The molecule has 15 heavy (non-hydrogen) atoms. The second-order valence-electron chi connectivity index (χ2n) is 3.85. The molecular weight excluding hydrogens is 193 g/mol. The molecule has 2 rings (SSSR count). The van der Waals surface area contributed by atoms with Crippen LogP contribution in [-0.2, 0) is 0 Å². The molecule has 80 valence electrons. The molecule has 0 atom stereocenters. The van der Waals surface area contributed by atoms with Crippen molar-refractivity contribution in [2.24, 2.45) is 10.7 Å². The van der Waals surface area contributed by atoms with E-state index in [1.54, 1.807) is 6.07 Å². The number of hydrogen-bond donors (Lipinski definition) is 2. The third kappa shape index (κ3) is 2.68. The SMILES string of the molecule is Cc1ccc(NC(N)=NC2CC2)c(F)c1. The quantitative estimate of drug-likeness (QED) is 0.576. The van der Waals surface area contributed by atoms with Gasteiger partial charge in [-0.1, -0.05) is 6.07 Å². The van der Waals surface area contributed by atoms with Crippen molar-refractivity contribution in [3.63, 3.8) is 0 Å². The molecule has 3 nitrogen and oxygen atoms in total. The van der Waals surface area contributed by atoms with E-state index in [4.69, 9.17) is 5.73 Å². The molecule has 0 aromatic heterocycles. The topological polar surface area (TPSA) is 50.4 Å². The molecule has 0 unspecified atom stereocenters. The van der Waals surface area contributed by atoms with Crippen LogP contribution >= 0.6 is 0 Å². The van der Waals surface area contributed by atoms with Crippen molar-refractivity contribution in [3.05, 3.63) is 29.6 Å². The zero-order valence-electron chi connectivity index (χ0n) is 8.63. The lowest BCUT2D eigenvalue weighted by Gasteiger charge is -2.06. The zero-order valence-corrected chi connectivity index (χ0v) is 8.63. The number of hydrogen-bond acceptors (Lipinski definition) is 1. The fourth-order valence-electron chi connectivity index (χ4n) is 1.29. The summed E-state index contributed by atoms with van der Waals surface area (Å²) in [6.45, 7) is 1.84. The van der Waals surface area contributed by atoms with Crippen LogP contribution in [0.4, 0.5) is 10.1 Å². The van der Waals surface area contributed by atoms with E-state index in [0.717, 1.165) is 18.4 Å². The van der Waals surface area contributed by atoms with Gasteiger partial charge in [-0.05, 0) is 37.5 Å². The number of nitrogens with zero attached hydrogens (tertiary/aromatic N) is 1. The van der Waals surface area contributed by atoms with Gasteiger partial charge in [0.2, 0.25) is 0 Å². The highest BCUT2D eigenvalue weighted by Crippen LogP contribution is 2.23. The summed E-state index contributed by atoms with van der Waals surface area (Å²) < 4.78 is 13.4. The normalized spacial score (nSPS) is 16.5. The smallest absolute Gasteiger partial charge is 0.193 e. The van der Waals surface area contributed by atoms with Gasteiger partial charge in [0, 0.05) is 0 Å². The molecule has 1 saturated carbocycles. The van der Waals surface area contributed by atoms with E-state index in [1.165, 1.54) is 6.07 Å². The van der Waals surface area contributed by atoms with Crippen LogP contribution in [0, 0.1) is 12.7 Å². The summed E-state index contributed by atoms with van der Waals surface area (Å²) in [5.41, 5.74) is 6.89. The van der Waals surface area contributed by atoms with Gasteiger partial charge in [-0.25, -0.2) is 9.38 Å². The van der Waals surface area contributed by atoms with Crippen LogP contribution in [0.25, 0.3) is 0 Å². The molecule has 0 saturated heterocycles. The number of anilines is 1. The van der Waals surface area contributed by atoms with Crippen LogP contribution in [0.1, 0.15) is 18.4 Å². The van der Waals surface area contributed by atoms with E-state index in [-0.39, 0.29) is 5.82 Å². The van der Waals surface area contributed by atoms with Crippen molar-refractivity contribution >= 4 is 11.6 Å². The second kappa shape index (κ2) is 3.88. The first-order valence-electron chi connectivity index (χ1n) is 5.01. The monoisotopic (exact) mass is 207 g/mol. The Bertz CT molecular complexity index is 397. The van der Waals surface area contributed by atoms with Gasteiger partial charge >= 0.3 is 0 Å². The van der Waals surface area contributed by atoms with Gasteiger partial charge in [0.15, 0.2) is 5.96 Å². The summed E-state index contributed by atoms with van der Waals surface area (Å²) in [5, 5.41) is 2.76. The van der Waals surface area contributed by atoms with Crippen LogP contribution in [0.3, 0.4) is 0 Å². The molecule has 0 radical (unpaired) electrons. The van der Waals surface area contributed by atoms with Crippen LogP contribution in [0.5, 0.6) is 0 Å². The molecule has 3 N–H and O–H groups in total. The Morgan fingerprint density at radius 2 is 2.27 bits per heavy atom. The van der Waals surface area contributed by atoms with Gasteiger partial charge in [0.05, 0.1) is 11.7 Å². The molecule has 1 aromatic carbocycles. The van der Waals surface area contributed by atoms with Gasteiger partial charge < -0.3 is 11.1 Å². The minimum Gasteiger partial charge on any atom is -0.370 e. The molecule has 1 aliphatic rings. The summed E-state index contributed by atoms with van der Waals surface area (Å²) >= 11 is 0. The fourth-order valence-corrected chi connectivity index (χ4v) is 1.29. The summed E-state index contributed by atoms with van der Waals surface area (Å²) in [4.78, 5) is 4.16. The number of aliphatic imine (C=N–C) groups is 1. The Morgan fingerprint density at radius 1 is 1.53 bits per heavy atom. The first-order valence-corrected chi connectivity index (χ1v) is 5.01. The Hall–Kier alpha value is -1.58. The predicted molar refractivity (Wildman–Crippen MR) is 59.4 cm³/mol. The maximum Gasteiger partial charge on any atom is 0.193 e. The average Bonchev–Trinajstić information content (AvgIpc) is 2.94. The number of benzene rings is 1. The van der Waals surface area contributed by atoms with Crippen molar-refractivity contribution in [3.8, 4) is 0 Å². The van der Waals surface area contributed by atoms with Gasteiger partial charge in [-0.2, -0.15) is 0 Å². The van der Waals surface area contributed by atoms with Crippen LogP contribution in [0.2, 0.25) is 0 Å². The van der Waals surface area contributed by atoms with E-state index in [2.05, 4.69) is 10.3 Å². The fraction of sp³-hybridized carbons (Fsp3) is 0.364. The number of rotatable bonds is 2. The second-order valence-corrected chi connectivity index (χ2v) is 3.85. The molecule has 1 aliphatic carbocycles. The number of nitrogens with one attached hydrogen (secondary N) is 1. The lowest BCUT2D eigenvalue weighted by atomic mass is 10.2. The van der Waals surface area contributed by atoms with E-state index in [1.807, 2.05) is 13.0 Å². The Balaban J connectivity index is 2.09. The van der Waals surface area contributed by atoms with E-state index in [9.17, 15) is 4.39 Å². The highest BCUT2D eigenvalue weighted by molar-refractivity contribution is 5.92. The van der Waals surface area contributed by atoms with Crippen LogP contribution in [-0.4, -0.2) is 12.0 Å².